The van der Waals surface area contributed by atoms with Crippen molar-refractivity contribution in [2.45, 2.75) is 13.5 Å². The second-order valence-electron chi connectivity index (χ2n) is 6.70. The van der Waals surface area contributed by atoms with Crippen LogP contribution >= 0.6 is 0 Å². The average Bonchev–Trinajstić information content (AvgIpc) is 2.83. The van der Waals surface area contributed by atoms with Crippen molar-refractivity contribution in [2.24, 2.45) is 5.16 Å². The molecular weight excluding hydrogens is 408 g/mol. The lowest BCUT2D eigenvalue weighted by atomic mass is 10.2. The first-order chi connectivity index (χ1) is 15.7. The highest BCUT2D eigenvalue weighted by Gasteiger charge is 2.05. The van der Waals surface area contributed by atoms with Gasteiger partial charge in [-0.3, -0.25) is 4.79 Å². The number of oxime groups is 1. The molecule has 0 aliphatic rings. The molecule has 0 bridgehead atoms. The number of carbonyl (C=O) groups excluding carboxylic acids is 1. The molecule has 7 heteroatoms. The number of benzene rings is 3. The molecule has 0 heterocycles. The smallest absolute Gasteiger partial charge is 0.265 e. The highest BCUT2D eigenvalue weighted by molar-refractivity contribution is 5.91. The Hall–Kier alpha value is -4.00. The van der Waals surface area contributed by atoms with E-state index in [1.54, 1.807) is 43.5 Å². The SMILES string of the molecule is CCOc1ccc(/C=N\OCC(=O)Nc2ccc(OCc3ccccc3)cc2)cc1OC. The van der Waals surface area contributed by atoms with E-state index in [9.17, 15) is 4.79 Å². The number of amides is 1. The quantitative estimate of drug-likeness (QED) is 0.351. The molecule has 7 nitrogen and oxygen atoms in total. The summed E-state index contributed by atoms with van der Waals surface area (Å²) in [6.45, 7) is 2.73. The maximum atomic E-state index is 12.1. The van der Waals surface area contributed by atoms with E-state index >= 15 is 0 Å². The Balaban J connectivity index is 1.42. The van der Waals surface area contributed by atoms with Crippen molar-refractivity contribution in [3.05, 3.63) is 83.9 Å². The van der Waals surface area contributed by atoms with E-state index in [-0.39, 0.29) is 12.5 Å². The molecular formula is C25H26N2O5. The van der Waals surface area contributed by atoms with Gasteiger partial charge >= 0.3 is 0 Å². The second-order valence-corrected chi connectivity index (χ2v) is 6.70. The number of ether oxygens (including phenoxy) is 3. The van der Waals surface area contributed by atoms with Gasteiger partial charge in [0.05, 0.1) is 19.9 Å². The van der Waals surface area contributed by atoms with Gasteiger partial charge in [-0.2, -0.15) is 0 Å². The fourth-order valence-corrected chi connectivity index (χ4v) is 2.81. The summed E-state index contributed by atoms with van der Waals surface area (Å²) in [5.74, 6) is 1.66. The van der Waals surface area contributed by atoms with Crippen LogP contribution in [0.4, 0.5) is 5.69 Å². The minimum absolute atomic E-state index is 0.211. The van der Waals surface area contributed by atoms with E-state index in [1.807, 2.05) is 43.3 Å². The van der Waals surface area contributed by atoms with Crippen LogP contribution < -0.4 is 19.5 Å². The number of methoxy groups -OCH3 is 1. The first kappa shape index (κ1) is 22.7. The number of hydrogen-bond donors (Lipinski definition) is 1. The maximum absolute atomic E-state index is 12.1. The summed E-state index contributed by atoms with van der Waals surface area (Å²) in [5, 5.41) is 6.59. The number of hydrogen-bond acceptors (Lipinski definition) is 6. The third-order valence-electron chi connectivity index (χ3n) is 4.35. The van der Waals surface area contributed by atoms with E-state index in [0.717, 1.165) is 16.9 Å². The van der Waals surface area contributed by atoms with Crippen LogP contribution in [0.2, 0.25) is 0 Å². The van der Waals surface area contributed by atoms with Crippen LogP contribution in [0.3, 0.4) is 0 Å². The summed E-state index contributed by atoms with van der Waals surface area (Å²) < 4.78 is 16.5. The Labute approximate surface area is 187 Å². The van der Waals surface area contributed by atoms with Crippen LogP contribution in [0.1, 0.15) is 18.1 Å². The van der Waals surface area contributed by atoms with Crippen molar-refractivity contribution in [3.63, 3.8) is 0 Å². The predicted molar refractivity (Wildman–Crippen MR) is 124 cm³/mol. The molecule has 0 saturated heterocycles. The minimum Gasteiger partial charge on any atom is -0.493 e. The zero-order valence-electron chi connectivity index (χ0n) is 18.1. The lowest BCUT2D eigenvalue weighted by molar-refractivity contribution is -0.120. The molecule has 166 valence electrons. The Kier molecular flexibility index (Phi) is 8.50. The molecule has 0 fully saturated rings. The van der Waals surface area contributed by atoms with Crippen molar-refractivity contribution < 1.29 is 23.8 Å². The van der Waals surface area contributed by atoms with Gasteiger partial charge in [-0.05, 0) is 55.0 Å². The summed E-state index contributed by atoms with van der Waals surface area (Å²) in [6.07, 6.45) is 1.50. The first-order valence-corrected chi connectivity index (χ1v) is 10.2. The van der Waals surface area contributed by atoms with E-state index in [0.29, 0.717) is 30.4 Å². The Morgan fingerprint density at radius 2 is 1.75 bits per heavy atom. The van der Waals surface area contributed by atoms with Gasteiger partial charge in [-0.15, -0.1) is 0 Å². The molecule has 0 saturated carbocycles. The largest absolute Gasteiger partial charge is 0.493 e. The van der Waals surface area contributed by atoms with E-state index in [1.165, 1.54) is 6.21 Å². The Morgan fingerprint density at radius 1 is 0.969 bits per heavy atom. The van der Waals surface area contributed by atoms with Crippen molar-refractivity contribution in [1.82, 2.24) is 0 Å². The van der Waals surface area contributed by atoms with Crippen molar-refractivity contribution in [2.75, 3.05) is 25.6 Å². The topological polar surface area (TPSA) is 78.4 Å². The highest BCUT2D eigenvalue weighted by atomic mass is 16.6. The highest BCUT2D eigenvalue weighted by Crippen LogP contribution is 2.27. The van der Waals surface area contributed by atoms with E-state index in [2.05, 4.69) is 10.5 Å². The van der Waals surface area contributed by atoms with Gasteiger partial charge in [0.2, 0.25) is 0 Å². The third kappa shape index (κ3) is 7.05. The molecule has 0 aliphatic carbocycles. The maximum Gasteiger partial charge on any atom is 0.265 e. The van der Waals surface area contributed by atoms with Gasteiger partial charge in [0.1, 0.15) is 12.4 Å². The van der Waals surface area contributed by atoms with Crippen molar-refractivity contribution in [1.29, 1.82) is 0 Å². The molecule has 0 aromatic heterocycles. The van der Waals surface area contributed by atoms with Gasteiger partial charge in [-0.1, -0.05) is 35.5 Å². The Morgan fingerprint density at radius 3 is 2.47 bits per heavy atom. The van der Waals surface area contributed by atoms with Gasteiger partial charge in [0.25, 0.3) is 5.91 Å². The van der Waals surface area contributed by atoms with E-state index in [4.69, 9.17) is 19.0 Å². The number of carbonyl (C=O) groups is 1. The molecule has 32 heavy (non-hydrogen) atoms. The minimum atomic E-state index is -0.315. The van der Waals surface area contributed by atoms with Gasteiger partial charge in [0.15, 0.2) is 18.1 Å². The van der Waals surface area contributed by atoms with Crippen molar-refractivity contribution >= 4 is 17.8 Å². The summed E-state index contributed by atoms with van der Waals surface area (Å²) >= 11 is 0. The van der Waals surface area contributed by atoms with Crippen LogP contribution in [0.5, 0.6) is 17.2 Å². The Bertz CT molecular complexity index is 1020. The van der Waals surface area contributed by atoms with E-state index < -0.39 is 0 Å². The number of nitrogens with zero attached hydrogens (tertiary/aromatic N) is 1. The molecule has 0 unspecified atom stereocenters. The molecule has 0 radical (unpaired) electrons. The standard InChI is InChI=1S/C25H26N2O5/c1-3-30-23-14-9-20(15-24(23)29-2)16-26-32-18-25(28)27-21-10-12-22(13-11-21)31-17-19-7-5-4-6-8-19/h4-16H,3,17-18H2,1-2H3,(H,27,28)/b26-16-. The van der Waals surface area contributed by atoms with Crippen LogP contribution in [-0.2, 0) is 16.2 Å². The van der Waals surface area contributed by atoms with Gasteiger partial charge < -0.3 is 24.4 Å². The van der Waals surface area contributed by atoms with Crippen molar-refractivity contribution in [3.8, 4) is 17.2 Å². The molecule has 0 spiro atoms. The zero-order valence-corrected chi connectivity index (χ0v) is 18.1. The van der Waals surface area contributed by atoms with Crippen LogP contribution in [-0.4, -0.2) is 32.4 Å². The molecule has 0 aliphatic heterocycles. The molecule has 3 aromatic carbocycles. The number of anilines is 1. The molecule has 3 rings (SSSR count). The number of rotatable bonds is 11. The average molecular weight is 434 g/mol. The summed E-state index contributed by atoms with van der Waals surface area (Å²) in [6, 6.07) is 22.5. The normalized spacial score (nSPS) is 10.6. The lowest BCUT2D eigenvalue weighted by Crippen LogP contribution is -2.16. The number of nitrogens with one attached hydrogen (secondary N) is 1. The lowest BCUT2D eigenvalue weighted by Gasteiger charge is -2.09. The van der Waals surface area contributed by atoms with Crippen LogP contribution in [0.25, 0.3) is 0 Å². The third-order valence-corrected chi connectivity index (χ3v) is 4.35. The van der Waals surface area contributed by atoms with Gasteiger partial charge in [0, 0.05) is 11.3 Å². The zero-order chi connectivity index (χ0) is 22.6. The second kappa shape index (κ2) is 12.0. The van der Waals surface area contributed by atoms with Crippen LogP contribution in [0.15, 0.2) is 78.0 Å². The predicted octanol–water partition coefficient (Wildman–Crippen LogP) is 4.66. The molecule has 0 atom stereocenters. The monoisotopic (exact) mass is 434 g/mol. The molecule has 1 amide bonds. The molecule has 1 N–H and O–H groups in total. The van der Waals surface area contributed by atoms with Crippen LogP contribution in [0, 0.1) is 0 Å². The summed E-state index contributed by atoms with van der Waals surface area (Å²) in [7, 11) is 1.57. The van der Waals surface area contributed by atoms with Gasteiger partial charge in [-0.25, -0.2) is 0 Å². The summed E-state index contributed by atoms with van der Waals surface area (Å²) in [5.41, 5.74) is 2.49. The first-order valence-electron chi connectivity index (χ1n) is 10.2. The molecule has 3 aromatic rings. The fourth-order valence-electron chi connectivity index (χ4n) is 2.81. The fraction of sp³-hybridized carbons (Fsp3) is 0.200. The summed E-state index contributed by atoms with van der Waals surface area (Å²) in [4.78, 5) is 17.2.